The number of rotatable bonds is 9. The zero-order valence-electron chi connectivity index (χ0n) is 34.3. The third-order valence-corrected chi connectivity index (χ3v) is 11.3. The minimum absolute atomic E-state index is 0.435. The van der Waals surface area contributed by atoms with Gasteiger partial charge in [-0.05, 0) is 24.6 Å². The van der Waals surface area contributed by atoms with Crippen molar-refractivity contribution < 1.29 is 102 Å². The molecule has 19 N–H and O–H groups in total. The molecule has 30 heteroatoms. The molecule has 65 heavy (non-hydrogen) atoms. The molecule has 3 fully saturated rings. The quantitative estimate of drug-likeness (QED) is 0.102. The highest BCUT2D eigenvalue weighted by Gasteiger charge is 2.52. The van der Waals surface area contributed by atoms with Crippen LogP contribution in [0.5, 0.6) is 11.5 Å². The highest BCUT2D eigenvalue weighted by atomic mass is 32.3. The summed E-state index contributed by atoms with van der Waals surface area (Å²) in [6.45, 7) is 0.892. The first-order chi connectivity index (χ1) is 30.1. The van der Waals surface area contributed by atoms with Crippen LogP contribution in [0.3, 0.4) is 0 Å². The monoisotopic (exact) mass is 952 g/mol. The molecule has 3 saturated heterocycles. The van der Waals surface area contributed by atoms with Crippen LogP contribution >= 0.6 is 0 Å². The summed E-state index contributed by atoms with van der Waals surface area (Å²) in [6.07, 6.45) is -21.7. The van der Waals surface area contributed by atoms with Gasteiger partial charge >= 0.3 is 10.4 Å². The van der Waals surface area contributed by atoms with E-state index in [1.54, 1.807) is 0 Å². The van der Waals surface area contributed by atoms with Crippen LogP contribution in [0.1, 0.15) is 38.4 Å². The number of nitrogens with one attached hydrogen (secondary N) is 4. The second kappa shape index (κ2) is 20.8. The van der Waals surface area contributed by atoms with E-state index >= 15 is 0 Å². The minimum Gasteiger partial charge on any atom is -0.504 e. The van der Waals surface area contributed by atoms with Gasteiger partial charge in [-0.15, -0.1) is 0 Å². The second-order valence-corrected chi connectivity index (χ2v) is 16.9. The molecule has 16 unspecified atom stereocenters. The molecule has 0 aliphatic carbocycles. The second-order valence-electron chi connectivity index (χ2n) is 15.9. The predicted molar refractivity (Wildman–Crippen MR) is 209 cm³/mol. The number of hydrogen-bond acceptors (Lipinski definition) is 21. The first-order valence-corrected chi connectivity index (χ1v) is 20.9. The number of benzene rings is 1. The number of phenolic OH excluding ortho intramolecular Hbond substituents is 1. The van der Waals surface area contributed by atoms with Crippen molar-refractivity contribution in [1.29, 1.82) is 0 Å². The SMILES string of the molecule is CC(O)C1NC(=O)C(N)CC(O)C(O)NC(=O)C2C(O)C(C)CN2C(=O)C(C(O)CC(N)=O)NC(=O)C(C(O)C(O)c2ccc(O)c(OS(=O)(=O)O)c2)NC(=O)C2C(O)C(O)CN2C1=O. The van der Waals surface area contributed by atoms with E-state index in [2.05, 4.69) is 9.50 Å². The summed E-state index contributed by atoms with van der Waals surface area (Å²) in [4.78, 5) is 96.5. The molecule has 7 amide bonds. The normalized spacial score (nSPS) is 33.2. The fourth-order valence-electron chi connectivity index (χ4n) is 7.43. The Hall–Kier alpha value is -5.38. The largest absolute Gasteiger partial charge is 0.504 e. The van der Waals surface area contributed by atoms with Gasteiger partial charge in [0.1, 0.15) is 54.6 Å². The molecule has 0 spiro atoms. The standard InChI is InChI=1S/C35H52N8O21S/c1-10-8-42-23(25(10)50)33(58)41-30(55)16(47)6-13(36)29(54)38-20(11(2)44)34(59)43-9-17(48)27(52)24(43)32(57)40-22(31(56)39-21(35(42)60)15(46)7-19(37)49)28(53)26(51)12-3-4-14(45)18(5-12)64-65(61,62)63/h3-5,10-11,13,15-17,20-28,30,44-48,50-53,55H,6-9,36H2,1-2H3,(H2,37,49)(H,38,54)(H,39,56)(H,40,57)(H,41,58)(H,61,62,63). The topological polar surface area (TPSA) is 492 Å². The van der Waals surface area contributed by atoms with Gasteiger partial charge in [0.05, 0.1) is 43.4 Å². The molecule has 3 aliphatic heterocycles. The average Bonchev–Trinajstić information content (AvgIpc) is 3.68. The van der Waals surface area contributed by atoms with E-state index in [0.717, 1.165) is 13.0 Å². The van der Waals surface area contributed by atoms with Crippen molar-refractivity contribution in [2.45, 2.75) is 118 Å². The molecule has 1 aromatic rings. The number of phenols is 1. The van der Waals surface area contributed by atoms with E-state index in [-0.39, 0.29) is 0 Å². The first-order valence-electron chi connectivity index (χ1n) is 19.5. The maximum atomic E-state index is 14.3. The Balaban J connectivity index is 1.90. The van der Waals surface area contributed by atoms with Crippen molar-refractivity contribution in [3.8, 4) is 11.5 Å². The number of aliphatic hydroxyl groups is 9. The van der Waals surface area contributed by atoms with Gasteiger partial charge in [-0.25, -0.2) is 0 Å². The third kappa shape index (κ3) is 12.1. The molecular formula is C35H52N8O21S. The lowest BCUT2D eigenvalue weighted by molar-refractivity contribution is -0.149. The predicted octanol–water partition coefficient (Wildman–Crippen LogP) is -10.3. The molecule has 1 aromatic carbocycles. The number of aromatic hydroxyl groups is 1. The number of fused-ring (bicyclic) bond motifs is 2. The Kier molecular flexibility index (Phi) is 16.8. The highest BCUT2D eigenvalue weighted by Crippen LogP contribution is 2.32. The molecule has 0 aromatic heterocycles. The van der Waals surface area contributed by atoms with Crippen LogP contribution in [0, 0.1) is 5.92 Å². The van der Waals surface area contributed by atoms with Crippen LogP contribution in [0.4, 0.5) is 0 Å². The number of carbonyl (C=O) groups is 7. The molecule has 3 heterocycles. The number of nitrogens with two attached hydrogens (primary N) is 2. The fraction of sp³-hybridized carbons (Fsp3) is 0.629. The molecule has 29 nitrogen and oxygen atoms in total. The van der Waals surface area contributed by atoms with Gasteiger partial charge < -0.3 is 97.8 Å². The lowest BCUT2D eigenvalue weighted by Crippen LogP contribution is -2.65. The Morgan fingerprint density at radius 2 is 1.34 bits per heavy atom. The van der Waals surface area contributed by atoms with Gasteiger partial charge in [0.15, 0.2) is 17.7 Å². The molecular weight excluding hydrogens is 900 g/mol. The van der Waals surface area contributed by atoms with Gasteiger partial charge in [0, 0.05) is 18.9 Å². The minimum atomic E-state index is -5.33. The maximum absolute atomic E-state index is 14.3. The van der Waals surface area contributed by atoms with Crippen LogP contribution in [0.25, 0.3) is 0 Å². The van der Waals surface area contributed by atoms with Crippen molar-refractivity contribution >= 4 is 51.7 Å². The highest BCUT2D eigenvalue weighted by molar-refractivity contribution is 7.81. The van der Waals surface area contributed by atoms with Crippen molar-refractivity contribution in [2.75, 3.05) is 13.1 Å². The lowest BCUT2D eigenvalue weighted by atomic mass is 9.96. The molecule has 4 rings (SSSR count). The number of carbonyl (C=O) groups excluding carboxylic acids is 7. The number of amides is 7. The summed E-state index contributed by atoms with van der Waals surface area (Å²) in [5.74, 6) is -13.1. The summed E-state index contributed by atoms with van der Waals surface area (Å²) in [5, 5.41) is 117. The van der Waals surface area contributed by atoms with Gasteiger partial charge in [-0.1, -0.05) is 13.0 Å². The Morgan fingerprint density at radius 3 is 1.92 bits per heavy atom. The summed E-state index contributed by atoms with van der Waals surface area (Å²) in [6, 6.07) is -11.2. The first kappa shape index (κ1) is 52.2. The smallest absolute Gasteiger partial charge is 0.446 e. The third-order valence-electron chi connectivity index (χ3n) is 10.9. The van der Waals surface area contributed by atoms with Crippen molar-refractivity contribution in [2.24, 2.45) is 17.4 Å². The molecule has 0 bridgehead atoms. The number of aliphatic hydroxyl groups excluding tert-OH is 9. The molecule has 0 radical (unpaired) electrons. The van der Waals surface area contributed by atoms with Crippen molar-refractivity contribution in [3.63, 3.8) is 0 Å². The number of primary amides is 1. The maximum Gasteiger partial charge on any atom is 0.446 e. The van der Waals surface area contributed by atoms with Gasteiger partial charge in [-0.3, -0.25) is 38.1 Å². The number of hydrogen-bond donors (Lipinski definition) is 17. The van der Waals surface area contributed by atoms with Crippen molar-refractivity contribution in [1.82, 2.24) is 31.1 Å². The van der Waals surface area contributed by atoms with E-state index in [9.17, 15) is 93.0 Å². The summed E-state index contributed by atoms with van der Waals surface area (Å²) in [5.41, 5.74) is 10.5. The van der Waals surface area contributed by atoms with Crippen LogP contribution in [0.15, 0.2) is 18.2 Å². The Labute approximate surface area is 367 Å². The van der Waals surface area contributed by atoms with Crippen LogP contribution in [-0.4, -0.2) is 213 Å². The number of nitrogens with zero attached hydrogens (tertiary/aromatic N) is 2. The van der Waals surface area contributed by atoms with Gasteiger partial charge in [0.2, 0.25) is 41.4 Å². The van der Waals surface area contributed by atoms with E-state index < -0.39 is 192 Å². The molecule has 16 atom stereocenters. The van der Waals surface area contributed by atoms with Gasteiger partial charge in [0.25, 0.3) is 0 Å². The van der Waals surface area contributed by atoms with Crippen LogP contribution < -0.4 is 36.9 Å². The van der Waals surface area contributed by atoms with Crippen LogP contribution in [-0.2, 0) is 44.0 Å². The molecule has 0 saturated carbocycles. The summed E-state index contributed by atoms with van der Waals surface area (Å²) < 4.78 is 36.2. The summed E-state index contributed by atoms with van der Waals surface area (Å²) in [7, 11) is -5.33. The summed E-state index contributed by atoms with van der Waals surface area (Å²) >= 11 is 0. The van der Waals surface area contributed by atoms with E-state index in [1.165, 1.54) is 6.92 Å². The Bertz CT molecular complexity index is 2100. The van der Waals surface area contributed by atoms with E-state index in [1.807, 2.05) is 16.0 Å². The van der Waals surface area contributed by atoms with E-state index in [4.69, 9.17) is 16.0 Å². The fourth-order valence-corrected chi connectivity index (χ4v) is 7.79. The van der Waals surface area contributed by atoms with Gasteiger partial charge in [-0.2, -0.15) is 8.42 Å². The Morgan fingerprint density at radius 1 is 0.800 bits per heavy atom. The molecule has 3 aliphatic rings. The van der Waals surface area contributed by atoms with Crippen molar-refractivity contribution in [3.05, 3.63) is 23.8 Å². The van der Waals surface area contributed by atoms with Crippen LogP contribution in [0.2, 0.25) is 0 Å². The molecule has 364 valence electrons. The average molecular weight is 953 g/mol. The zero-order chi connectivity index (χ0) is 49.2. The van der Waals surface area contributed by atoms with E-state index in [0.29, 0.717) is 21.9 Å². The zero-order valence-corrected chi connectivity index (χ0v) is 35.1. The lowest BCUT2D eigenvalue weighted by Gasteiger charge is -2.34.